The first-order valence-electron chi connectivity index (χ1n) is 3.46. The smallest absolute Gasteiger partial charge is 0.173 e. The number of anilines is 1. The number of nitrogens with zero attached hydrogens (tertiary/aromatic N) is 3. The number of nitrogens with two attached hydrogens (primary N) is 1. The van der Waals surface area contributed by atoms with Gasteiger partial charge in [0.1, 0.15) is 5.82 Å². The molecule has 0 atom stereocenters. The highest BCUT2D eigenvalue weighted by Crippen LogP contribution is 2.20. The lowest BCUT2D eigenvalue weighted by Crippen LogP contribution is -1.97. The van der Waals surface area contributed by atoms with Gasteiger partial charge < -0.3 is 5.73 Å². The maximum absolute atomic E-state index is 5.65. The number of hydrogen-bond donors (Lipinski definition) is 1. The Balaban J connectivity index is 2.49. The summed E-state index contributed by atoms with van der Waals surface area (Å²) >= 11 is 3.45. The van der Waals surface area contributed by atoms with E-state index in [4.69, 9.17) is 5.73 Å². The Bertz CT molecular complexity index is 414. The summed E-state index contributed by atoms with van der Waals surface area (Å²) in [5.74, 6) is 1.15. The van der Waals surface area contributed by atoms with Crippen LogP contribution < -0.4 is 5.73 Å². The molecule has 0 radical (unpaired) electrons. The third-order valence-corrected chi connectivity index (χ3v) is 3.00. The van der Waals surface area contributed by atoms with Crippen molar-refractivity contribution in [2.45, 2.75) is 0 Å². The molecule has 2 aromatic rings. The van der Waals surface area contributed by atoms with Crippen LogP contribution in [0.1, 0.15) is 0 Å². The van der Waals surface area contributed by atoms with E-state index in [1.54, 1.807) is 12.4 Å². The molecule has 2 N–H and O–H groups in total. The molecule has 6 heteroatoms. The van der Waals surface area contributed by atoms with E-state index in [0.29, 0.717) is 11.6 Å². The fourth-order valence-electron chi connectivity index (χ4n) is 0.830. The molecule has 0 aromatic carbocycles. The Kier molecular flexibility index (Phi) is 2.40. The van der Waals surface area contributed by atoms with Crippen molar-refractivity contribution in [3.63, 3.8) is 0 Å². The van der Waals surface area contributed by atoms with Crippen LogP contribution in [0.4, 0.5) is 5.82 Å². The van der Waals surface area contributed by atoms with Crippen molar-refractivity contribution in [3.8, 4) is 10.7 Å². The maximum Gasteiger partial charge on any atom is 0.173 e. The van der Waals surface area contributed by atoms with E-state index in [1.807, 2.05) is 6.07 Å². The van der Waals surface area contributed by atoms with Crippen LogP contribution in [0.5, 0.6) is 0 Å². The van der Waals surface area contributed by atoms with Gasteiger partial charge in [-0.05, 0) is 40.2 Å². The summed E-state index contributed by atoms with van der Waals surface area (Å²) in [5.41, 5.74) is 5.65. The molecule has 0 aliphatic rings. The molecule has 0 amide bonds. The van der Waals surface area contributed by atoms with Gasteiger partial charge in [-0.2, -0.15) is 0 Å². The van der Waals surface area contributed by atoms with Gasteiger partial charge in [0.2, 0.25) is 0 Å². The molecule has 0 spiro atoms. The number of rotatable bonds is 1. The van der Waals surface area contributed by atoms with Gasteiger partial charge in [0.25, 0.3) is 0 Å². The number of hydrogen-bond acceptors (Lipinski definition) is 5. The highest BCUT2D eigenvalue weighted by molar-refractivity contribution is 14.1. The predicted molar refractivity (Wildman–Crippen MR) is 60.3 cm³/mol. The number of nitrogen functional groups attached to an aromatic ring is 1. The Morgan fingerprint density at radius 1 is 1.46 bits per heavy atom. The average Bonchev–Trinajstić information content (AvgIpc) is 2.62. The number of halogens is 1. The lowest BCUT2D eigenvalue weighted by atomic mass is 10.4. The molecule has 0 aliphatic heterocycles. The maximum atomic E-state index is 5.65. The van der Waals surface area contributed by atoms with Gasteiger partial charge in [-0.25, -0.2) is 14.3 Å². The molecule has 13 heavy (non-hydrogen) atoms. The molecule has 2 heterocycles. The molecule has 0 aliphatic carbocycles. The van der Waals surface area contributed by atoms with Crippen LogP contribution in [0, 0.1) is 3.57 Å². The van der Waals surface area contributed by atoms with E-state index in [1.165, 1.54) is 11.5 Å². The first kappa shape index (κ1) is 8.82. The zero-order valence-electron chi connectivity index (χ0n) is 6.44. The average molecular weight is 304 g/mol. The molecule has 0 bridgehead atoms. The zero-order valence-corrected chi connectivity index (χ0v) is 9.41. The van der Waals surface area contributed by atoms with Crippen molar-refractivity contribution >= 4 is 39.9 Å². The first-order valence-corrected chi connectivity index (χ1v) is 5.31. The highest BCUT2D eigenvalue weighted by atomic mass is 127. The molecule has 2 aromatic heterocycles. The summed E-state index contributed by atoms with van der Waals surface area (Å²) in [6.45, 7) is 0. The SMILES string of the molecule is Nc1nc(-c2ccns2)ncc1I. The summed E-state index contributed by atoms with van der Waals surface area (Å²) in [6, 6.07) is 1.87. The largest absolute Gasteiger partial charge is 0.383 e. The van der Waals surface area contributed by atoms with E-state index in [-0.39, 0.29) is 0 Å². The van der Waals surface area contributed by atoms with Crippen molar-refractivity contribution in [3.05, 3.63) is 22.0 Å². The summed E-state index contributed by atoms with van der Waals surface area (Å²) in [5, 5.41) is 0. The van der Waals surface area contributed by atoms with Gasteiger partial charge >= 0.3 is 0 Å². The normalized spacial score (nSPS) is 10.2. The molecule has 0 saturated carbocycles. The quantitative estimate of drug-likeness (QED) is 0.816. The van der Waals surface area contributed by atoms with Gasteiger partial charge in [0.05, 0.1) is 8.45 Å². The van der Waals surface area contributed by atoms with E-state index >= 15 is 0 Å². The molecule has 0 saturated heterocycles. The van der Waals surface area contributed by atoms with Crippen molar-refractivity contribution in [1.29, 1.82) is 0 Å². The Labute approximate surface area is 92.5 Å². The second-order valence-electron chi connectivity index (χ2n) is 2.30. The van der Waals surface area contributed by atoms with E-state index in [0.717, 1.165) is 8.45 Å². The minimum absolute atomic E-state index is 0.513. The van der Waals surface area contributed by atoms with E-state index in [2.05, 4.69) is 36.9 Å². The fourth-order valence-corrected chi connectivity index (χ4v) is 1.63. The van der Waals surface area contributed by atoms with Crippen molar-refractivity contribution in [1.82, 2.24) is 14.3 Å². The monoisotopic (exact) mass is 304 g/mol. The first-order chi connectivity index (χ1) is 6.27. The second kappa shape index (κ2) is 3.54. The molecular formula is C7H5IN4S. The molecule has 0 unspecified atom stereocenters. The molecule has 0 fully saturated rings. The summed E-state index contributed by atoms with van der Waals surface area (Å²) in [6.07, 6.45) is 3.43. The van der Waals surface area contributed by atoms with E-state index < -0.39 is 0 Å². The van der Waals surface area contributed by atoms with Gasteiger partial charge in [0, 0.05) is 12.4 Å². The molecular weight excluding hydrogens is 299 g/mol. The van der Waals surface area contributed by atoms with Crippen LogP contribution in [0.3, 0.4) is 0 Å². The standard InChI is InChI=1S/C7H5IN4S/c8-4-3-10-7(12-6(4)9)5-1-2-11-13-5/h1-3H,(H2,9,10,12). The van der Waals surface area contributed by atoms with Gasteiger partial charge in [-0.3, -0.25) is 0 Å². The zero-order chi connectivity index (χ0) is 9.26. The van der Waals surface area contributed by atoms with Crippen LogP contribution >= 0.6 is 34.1 Å². The molecule has 2 rings (SSSR count). The second-order valence-corrected chi connectivity index (χ2v) is 4.30. The van der Waals surface area contributed by atoms with Crippen LogP contribution in [0.15, 0.2) is 18.5 Å². The summed E-state index contributed by atoms with van der Waals surface area (Å²) in [4.78, 5) is 9.23. The molecule has 4 nitrogen and oxygen atoms in total. The summed E-state index contributed by atoms with van der Waals surface area (Å²) in [7, 11) is 0. The topological polar surface area (TPSA) is 64.7 Å². The van der Waals surface area contributed by atoms with Crippen molar-refractivity contribution < 1.29 is 0 Å². The van der Waals surface area contributed by atoms with Gasteiger partial charge in [-0.1, -0.05) is 0 Å². The highest BCUT2D eigenvalue weighted by Gasteiger charge is 2.04. The summed E-state index contributed by atoms with van der Waals surface area (Å²) < 4.78 is 4.84. The van der Waals surface area contributed by atoms with Crippen LogP contribution in [-0.4, -0.2) is 14.3 Å². The lowest BCUT2D eigenvalue weighted by molar-refractivity contribution is 1.18. The third-order valence-electron chi connectivity index (χ3n) is 1.43. The Morgan fingerprint density at radius 3 is 2.92 bits per heavy atom. The van der Waals surface area contributed by atoms with Crippen LogP contribution in [0.25, 0.3) is 10.7 Å². The number of aromatic nitrogens is 3. The lowest BCUT2D eigenvalue weighted by Gasteiger charge is -1.98. The van der Waals surface area contributed by atoms with E-state index in [9.17, 15) is 0 Å². The Morgan fingerprint density at radius 2 is 2.31 bits per heavy atom. The van der Waals surface area contributed by atoms with Crippen molar-refractivity contribution in [2.24, 2.45) is 0 Å². The van der Waals surface area contributed by atoms with Gasteiger partial charge in [-0.15, -0.1) is 0 Å². The van der Waals surface area contributed by atoms with Crippen molar-refractivity contribution in [2.75, 3.05) is 5.73 Å². The van der Waals surface area contributed by atoms with Gasteiger partial charge in [0.15, 0.2) is 5.82 Å². The molecule has 66 valence electrons. The van der Waals surface area contributed by atoms with Crippen LogP contribution in [0.2, 0.25) is 0 Å². The van der Waals surface area contributed by atoms with Crippen LogP contribution in [-0.2, 0) is 0 Å². The minimum Gasteiger partial charge on any atom is -0.383 e. The third kappa shape index (κ3) is 1.78. The fraction of sp³-hybridized carbons (Fsp3) is 0. The Hall–Kier alpha value is -0.760. The predicted octanol–water partition coefficient (Wildman–Crippen LogP) is 1.79. The minimum atomic E-state index is 0.513.